The Hall–Kier alpha value is -1.85. The van der Waals surface area contributed by atoms with Crippen molar-refractivity contribution in [2.45, 2.75) is 19.9 Å². The van der Waals surface area contributed by atoms with Gasteiger partial charge in [-0.05, 0) is 18.6 Å². The van der Waals surface area contributed by atoms with E-state index in [1.54, 1.807) is 16.4 Å². The van der Waals surface area contributed by atoms with Gasteiger partial charge in [0.25, 0.3) is 5.56 Å². The second-order valence-corrected chi connectivity index (χ2v) is 10.7. The van der Waals surface area contributed by atoms with Gasteiger partial charge in [-0.2, -0.15) is 13.9 Å². The summed E-state index contributed by atoms with van der Waals surface area (Å²) in [5.74, 6) is 0.184. The van der Waals surface area contributed by atoms with Crippen molar-refractivity contribution in [2.75, 3.05) is 31.9 Å². The number of fused-ring (bicyclic) bond motifs is 1. The predicted molar refractivity (Wildman–Crippen MR) is 119 cm³/mol. The molecule has 160 valence electrons. The highest BCUT2D eigenvalue weighted by Crippen LogP contribution is 2.25. The first-order valence-electron chi connectivity index (χ1n) is 9.71. The molecule has 0 amide bonds. The summed E-state index contributed by atoms with van der Waals surface area (Å²) in [5, 5.41) is 5.72. The average Bonchev–Trinajstić information content (AvgIpc) is 3.14. The van der Waals surface area contributed by atoms with Gasteiger partial charge in [-0.1, -0.05) is 42.0 Å². The second kappa shape index (κ2) is 8.72. The Morgan fingerprint density at radius 1 is 1.13 bits per heavy atom. The van der Waals surface area contributed by atoms with Crippen LogP contribution in [0.5, 0.6) is 0 Å². The molecule has 0 saturated carbocycles. The third kappa shape index (κ3) is 4.57. The number of halogens is 1. The number of sulfonamides is 1. The van der Waals surface area contributed by atoms with Crippen molar-refractivity contribution >= 4 is 37.9 Å². The number of rotatable bonds is 6. The van der Waals surface area contributed by atoms with Gasteiger partial charge in [0.1, 0.15) is 5.01 Å². The largest absolute Gasteiger partial charge is 0.295 e. The molecule has 1 aromatic carbocycles. The van der Waals surface area contributed by atoms with E-state index in [0.29, 0.717) is 59.8 Å². The summed E-state index contributed by atoms with van der Waals surface area (Å²) in [6.45, 7) is 4.52. The molecule has 0 aliphatic carbocycles. The highest BCUT2D eigenvalue weighted by atomic mass is 35.5. The van der Waals surface area contributed by atoms with Crippen LogP contribution in [0.2, 0.25) is 5.02 Å². The fourth-order valence-corrected chi connectivity index (χ4v) is 5.98. The van der Waals surface area contributed by atoms with E-state index in [1.165, 1.54) is 21.9 Å². The topological polar surface area (TPSA) is 87.9 Å². The van der Waals surface area contributed by atoms with Crippen molar-refractivity contribution in [2.24, 2.45) is 0 Å². The van der Waals surface area contributed by atoms with Crippen LogP contribution in [-0.2, 0) is 16.6 Å². The Balaban J connectivity index is 1.49. The van der Waals surface area contributed by atoms with E-state index in [-0.39, 0.29) is 11.3 Å². The lowest BCUT2D eigenvalue weighted by atomic mass is 10.2. The molecule has 1 saturated heterocycles. The van der Waals surface area contributed by atoms with Crippen LogP contribution >= 0.6 is 22.9 Å². The monoisotopic (exact) mass is 467 g/mol. The van der Waals surface area contributed by atoms with E-state index in [0.717, 1.165) is 5.56 Å². The Morgan fingerprint density at radius 2 is 1.83 bits per heavy atom. The maximum absolute atomic E-state index is 12.5. The lowest BCUT2D eigenvalue weighted by Gasteiger charge is -2.33. The zero-order valence-corrected chi connectivity index (χ0v) is 18.9. The van der Waals surface area contributed by atoms with Crippen molar-refractivity contribution in [3.8, 4) is 10.6 Å². The third-order valence-corrected chi connectivity index (χ3v) is 8.25. The highest BCUT2D eigenvalue weighted by Gasteiger charge is 2.26. The summed E-state index contributed by atoms with van der Waals surface area (Å²) in [4.78, 5) is 19.8. The summed E-state index contributed by atoms with van der Waals surface area (Å²) >= 11 is 7.29. The predicted octanol–water partition coefficient (Wildman–Crippen LogP) is 2.33. The molecule has 0 atom stereocenters. The van der Waals surface area contributed by atoms with E-state index in [9.17, 15) is 13.2 Å². The molecule has 0 unspecified atom stereocenters. The lowest BCUT2D eigenvalue weighted by Crippen LogP contribution is -2.48. The van der Waals surface area contributed by atoms with Crippen molar-refractivity contribution in [3.63, 3.8) is 0 Å². The standard InChI is InChI=1S/C19H22ClN5O3S2/c1-2-11-30(27,28)24-9-7-23(8-10-24)13-16-12-17(26)25-19(21-16)29-18(22-25)14-3-5-15(20)6-4-14/h3-6,12H,2,7-11,13H2,1H3. The molecular weight excluding hydrogens is 446 g/mol. The molecule has 0 N–H and O–H groups in total. The molecule has 1 fully saturated rings. The zero-order valence-electron chi connectivity index (χ0n) is 16.5. The number of benzene rings is 1. The summed E-state index contributed by atoms with van der Waals surface area (Å²) < 4.78 is 27.3. The van der Waals surface area contributed by atoms with Crippen LogP contribution in [-0.4, -0.2) is 64.2 Å². The maximum Gasteiger partial charge on any atom is 0.275 e. The molecule has 8 nitrogen and oxygen atoms in total. The number of aromatic nitrogens is 3. The van der Waals surface area contributed by atoms with Crippen molar-refractivity contribution < 1.29 is 8.42 Å². The normalized spacial score (nSPS) is 16.3. The minimum atomic E-state index is -3.17. The summed E-state index contributed by atoms with van der Waals surface area (Å²) in [5.41, 5.74) is 1.31. The summed E-state index contributed by atoms with van der Waals surface area (Å²) in [7, 11) is -3.17. The number of nitrogens with zero attached hydrogens (tertiary/aromatic N) is 5. The third-order valence-electron chi connectivity index (χ3n) is 4.96. The van der Waals surface area contributed by atoms with E-state index in [1.807, 2.05) is 19.1 Å². The van der Waals surface area contributed by atoms with Crippen LogP contribution in [0, 0.1) is 0 Å². The average molecular weight is 468 g/mol. The summed E-state index contributed by atoms with van der Waals surface area (Å²) in [6.07, 6.45) is 0.614. The van der Waals surface area contributed by atoms with Gasteiger partial charge < -0.3 is 0 Å². The van der Waals surface area contributed by atoms with Gasteiger partial charge >= 0.3 is 0 Å². The van der Waals surface area contributed by atoms with Crippen molar-refractivity contribution in [1.29, 1.82) is 0 Å². The van der Waals surface area contributed by atoms with Crippen LogP contribution in [0.4, 0.5) is 0 Å². The lowest BCUT2D eigenvalue weighted by molar-refractivity contribution is 0.180. The first kappa shape index (κ1) is 21.4. The molecule has 30 heavy (non-hydrogen) atoms. The Labute approximate surface area is 183 Å². The number of piperazine rings is 1. The zero-order chi connectivity index (χ0) is 21.3. The molecule has 1 aliphatic rings. The molecule has 3 heterocycles. The van der Waals surface area contributed by atoms with E-state index < -0.39 is 10.0 Å². The molecule has 3 aromatic rings. The van der Waals surface area contributed by atoms with Gasteiger partial charge in [0.15, 0.2) is 0 Å². The first-order valence-corrected chi connectivity index (χ1v) is 12.5. The second-order valence-electron chi connectivity index (χ2n) is 7.19. The van der Waals surface area contributed by atoms with Gasteiger partial charge in [0.2, 0.25) is 15.0 Å². The fourth-order valence-electron chi connectivity index (χ4n) is 3.43. The number of hydrogen-bond acceptors (Lipinski definition) is 7. The minimum Gasteiger partial charge on any atom is -0.295 e. The Kier molecular flexibility index (Phi) is 6.21. The molecule has 2 aromatic heterocycles. The van der Waals surface area contributed by atoms with E-state index in [2.05, 4.69) is 15.0 Å². The smallest absolute Gasteiger partial charge is 0.275 e. The van der Waals surface area contributed by atoms with Gasteiger partial charge in [-0.3, -0.25) is 9.69 Å². The van der Waals surface area contributed by atoms with E-state index in [4.69, 9.17) is 11.6 Å². The number of hydrogen-bond donors (Lipinski definition) is 0. The molecule has 1 aliphatic heterocycles. The molecular formula is C19H22ClN5O3S2. The SMILES string of the molecule is CCCS(=O)(=O)N1CCN(Cc2cc(=O)n3nc(-c4ccc(Cl)cc4)sc3n2)CC1. The Bertz CT molecular complexity index is 1200. The summed E-state index contributed by atoms with van der Waals surface area (Å²) in [6, 6.07) is 8.78. The molecule has 0 bridgehead atoms. The molecule has 11 heteroatoms. The van der Waals surface area contributed by atoms with Crippen LogP contribution in [0.15, 0.2) is 35.1 Å². The van der Waals surface area contributed by atoms with Crippen molar-refractivity contribution in [3.05, 3.63) is 51.4 Å². The van der Waals surface area contributed by atoms with Gasteiger partial charge in [0.05, 0.1) is 11.4 Å². The first-order chi connectivity index (χ1) is 14.4. The Morgan fingerprint density at radius 3 is 2.50 bits per heavy atom. The van der Waals surface area contributed by atoms with Crippen molar-refractivity contribution in [1.82, 2.24) is 23.8 Å². The van der Waals surface area contributed by atoms with Crippen LogP contribution < -0.4 is 5.56 Å². The quantitative estimate of drug-likeness (QED) is 0.553. The van der Waals surface area contributed by atoms with Gasteiger partial charge in [-0.15, -0.1) is 0 Å². The van der Waals surface area contributed by atoms with Crippen LogP contribution in [0.3, 0.4) is 0 Å². The van der Waals surface area contributed by atoms with Gasteiger partial charge in [0, 0.05) is 49.4 Å². The fraction of sp³-hybridized carbons (Fsp3) is 0.421. The molecule has 0 spiro atoms. The highest BCUT2D eigenvalue weighted by molar-refractivity contribution is 7.89. The molecule has 4 rings (SSSR count). The molecule has 0 radical (unpaired) electrons. The van der Waals surface area contributed by atoms with Crippen LogP contribution in [0.25, 0.3) is 15.5 Å². The van der Waals surface area contributed by atoms with Gasteiger partial charge in [-0.25, -0.2) is 13.4 Å². The van der Waals surface area contributed by atoms with E-state index >= 15 is 0 Å². The minimum absolute atomic E-state index is 0.184. The maximum atomic E-state index is 12.5. The van der Waals surface area contributed by atoms with Crippen LogP contribution in [0.1, 0.15) is 19.0 Å².